The highest BCUT2D eigenvalue weighted by atomic mass is 28.5. The van der Waals surface area contributed by atoms with E-state index in [-0.39, 0.29) is 29.7 Å². The Morgan fingerprint density at radius 3 is 1.21 bits per heavy atom. The van der Waals surface area contributed by atoms with E-state index in [0.29, 0.717) is 0 Å². The van der Waals surface area contributed by atoms with Crippen molar-refractivity contribution in [2.45, 2.75) is 115 Å². The van der Waals surface area contributed by atoms with E-state index < -0.39 is 33.8 Å². The lowest BCUT2D eigenvalue weighted by molar-refractivity contribution is 0.331. The van der Waals surface area contributed by atoms with Crippen LogP contribution in [0.1, 0.15) is 49.5 Å². The highest BCUT2D eigenvalue weighted by molar-refractivity contribution is 6.89. The van der Waals surface area contributed by atoms with Gasteiger partial charge in [0.1, 0.15) is 0 Å². The van der Waals surface area contributed by atoms with Gasteiger partial charge in [0.2, 0.25) is 0 Å². The van der Waals surface area contributed by atoms with Crippen LogP contribution in [0.5, 0.6) is 0 Å². The van der Waals surface area contributed by atoms with Crippen molar-refractivity contribution in [1.29, 1.82) is 0 Å². The summed E-state index contributed by atoms with van der Waals surface area (Å²) in [6.07, 6.45) is 2.53. The van der Waals surface area contributed by atoms with E-state index in [1.54, 1.807) is 0 Å². The van der Waals surface area contributed by atoms with Crippen LogP contribution >= 0.6 is 0 Å². The topological polar surface area (TPSA) is 65.7 Å². The van der Waals surface area contributed by atoms with Crippen LogP contribution in [-0.4, -0.2) is 53.4 Å². The van der Waals surface area contributed by atoms with Crippen molar-refractivity contribution in [3.8, 4) is 0 Å². The molecule has 0 aromatic rings. The SMILES string of the molecule is C.C.C.C.CCCCNCCN.C[Si](C)(C)O[Si](C)(C)O[Si](C)(C)O[Si](C)(C)C. The van der Waals surface area contributed by atoms with Crippen LogP contribution in [0, 0.1) is 0 Å². The molecule has 186 valence electrons. The minimum absolute atomic E-state index is 0. The van der Waals surface area contributed by atoms with Crippen LogP contribution in [-0.2, 0) is 12.3 Å². The number of nitrogens with one attached hydrogen (secondary N) is 1. The zero-order valence-corrected chi connectivity index (χ0v) is 22.8. The smallest absolute Gasteiger partial charge is 0.312 e. The summed E-state index contributed by atoms with van der Waals surface area (Å²) in [6.45, 7) is 26.8. The van der Waals surface area contributed by atoms with Crippen molar-refractivity contribution in [3.63, 3.8) is 0 Å². The lowest BCUT2D eigenvalue weighted by atomic mass is 10.3. The quantitative estimate of drug-likeness (QED) is 0.241. The van der Waals surface area contributed by atoms with Crippen molar-refractivity contribution in [3.05, 3.63) is 0 Å². The summed E-state index contributed by atoms with van der Waals surface area (Å²) < 4.78 is 18.7. The van der Waals surface area contributed by atoms with Gasteiger partial charge in [0.25, 0.3) is 0 Å². The molecule has 0 rings (SSSR count). The van der Waals surface area contributed by atoms with E-state index in [0.717, 1.165) is 19.6 Å². The first-order valence-corrected chi connectivity index (χ1v) is 22.0. The fourth-order valence-electron chi connectivity index (χ4n) is 2.64. The van der Waals surface area contributed by atoms with E-state index >= 15 is 0 Å². The zero-order chi connectivity index (χ0) is 20.4. The molecule has 0 aromatic carbocycles. The third kappa shape index (κ3) is 36.4. The summed E-state index contributed by atoms with van der Waals surface area (Å²) in [6, 6.07) is 0. The molecule has 0 aliphatic carbocycles. The summed E-state index contributed by atoms with van der Waals surface area (Å²) in [4.78, 5) is 0. The predicted molar refractivity (Wildman–Crippen MR) is 149 cm³/mol. The molecule has 0 amide bonds. The number of nitrogens with two attached hydrogens (primary N) is 1. The highest BCUT2D eigenvalue weighted by Crippen LogP contribution is 2.23. The van der Waals surface area contributed by atoms with Crippen LogP contribution in [0.2, 0.25) is 65.5 Å². The summed E-state index contributed by atoms with van der Waals surface area (Å²) in [7, 11) is -7.18. The van der Waals surface area contributed by atoms with E-state index in [1.165, 1.54) is 12.8 Å². The average Bonchev–Trinajstić information content (AvgIpc) is 2.27. The molecular formula is C20H62N2O3Si4. The lowest BCUT2D eigenvalue weighted by Gasteiger charge is -2.39. The molecule has 9 heteroatoms. The maximum Gasteiger partial charge on any atom is 0.312 e. The molecule has 0 aliphatic heterocycles. The number of hydrogen-bond acceptors (Lipinski definition) is 5. The first-order valence-electron chi connectivity index (χ1n) is 9.55. The molecule has 0 heterocycles. The minimum Gasteiger partial charge on any atom is -0.437 e. The Labute approximate surface area is 191 Å². The van der Waals surface area contributed by atoms with Crippen LogP contribution in [0.3, 0.4) is 0 Å². The molecule has 29 heavy (non-hydrogen) atoms. The van der Waals surface area contributed by atoms with Crippen molar-refractivity contribution < 1.29 is 12.3 Å². The van der Waals surface area contributed by atoms with E-state index in [1.807, 2.05) is 0 Å². The first-order chi connectivity index (χ1) is 11.0. The van der Waals surface area contributed by atoms with Crippen molar-refractivity contribution >= 4 is 33.8 Å². The van der Waals surface area contributed by atoms with Gasteiger partial charge in [-0.25, -0.2) is 0 Å². The first kappa shape index (κ1) is 43.5. The van der Waals surface area contributed by atoms with Gasteiger partial charge in [-0.2, -0.15) is 0 Å². The van der Waals surface area contributed by atoms with Gasteiger partial charge in [0.05, 0.1) is 0 Å². The molecule has 0 fully saturated rings. The van der Waals surface area contributed by atoms with Crippen LogP contribution in [0.25, 0.3) is 0 Å². The van der Waals surface area contributed by atoms with E-state index in [2.05, 4.69) is 77.7 Å². The molecule has 0 saturated carbocycles. The summed E-state index contributed by atoms with van der Waals surface area (Å²) >= 11 is 0. The van der Waals surface area contributed by atoms with Gasteiger partial charge in [-0.15, -0.1) is 0 Å². The number of unbranched alkanes of at least 4 members (excludes halogenated alkanes) is 1. The maximum atomic E-state index is 6.28. The highest BCUT2D eigenvalue weighted by Gasteiger charge is 2.41. The molecule has 5 nitrogen and oxygen atoms in total. The van der Waals surface area contributed by atoms with Gasteiger partial charge in [0.15, 0.2) is 16.6 Å². The summed E-state index contributed by atoms with van der Waals surface area (Å²) in [5.74, 6) is 0. The Kier molecular flexibility index (Phi) is 29.1. The Balaban J connectivity index is -0.0000000958. The minimum atomic E-state index is -2.05. The molecular weight excluding hydrogens is 429 g/mol. The maximum absolute atomic E-state index is 6.28. The Hall–Kier alpha value is 0.668. The van der Waals surface area contributed by atoms with Gasteiger partial charge >= 0.3 is 17.1 Å². The standard InChI is InChI=1S/C10H30O3Si4.C6H16N2.4CH4/c1-14(2,3)11-16(7,8)13-17(9,10)12-15(4,5)6;1-2-3-5-8-6-4-7;;;;/h1-10H3;8H,2-7H2,1H3;4*1H4. The predicted octanol–water partition coefficient (Wildman–Crippen LogP) is 6.99. The van der Waals surface area contributed by atoms with E-state index in [4.69, 9.17) is 18.1 Å². The Morgan fingerprint density at radius 1 is 0.621 bits per heavy atom. The molecule has 0 radical (unpaired) electrons. The van der Waals surface area contributed by atoms with Gasteiger partial charge in [0, 0.05) is 13.1 Å². The fraction of sp³-hybridized carbons (Fsp3) is 1.00. The van der Waals surface area contributed by atoms with Crippen molar-refractivity contribution in [1.82, 2.24) is 5.32 Å². The van der Waals surface area contributed by atoms with Crippen molar-refractivity contribution in [2.75, 3.05) is 19.6 Å². The summed E-state index contributed by atoms with van der Waals surface area (Å²) in [5.41, 5.74) is 5.25. The van der Waals surface area contributed by atoms with Crippen LogP contribution in [0.4, 0.5) is 0 Å². The van der Waals surface area contributed by atoms with Gasteiger partial charge in [-0.1, -0.05) is 43.1 Å². The molecule has 0 aromatic heterocycles. The second-order valence-corrected chi connectivity index (χ2v) is 25.7. The van der Waals surface area contributed by atoms with Crippen LogP contribution < -0.4 is 11.1 Å². The fourth-order valence-corrected chi connectivity index (χ4v) is 20.3. The Morgan fingerprint density at radius 2 is 0.966 bits per heavy atom. The second kappa shape index (κ2) is 19.4. The summed E-state index contributed by atoms with van der Waals surface area (Å²) in [5, 5.41) is 3.21. The van der Waals surface area contributed by atoms with Gasteiger partial charge in [-0.3, -0.25) is 0 Å². The molecule has 3 N–H and O–H groups in total. The Bertz CT molecular complexity index is 314. The second-order valence-electron chi connectivity index (χ2n) is 9.22. The average molecular weight is 491 g/mol. The monoisotopic (exact) mass is 490 g/mol. The number of hydrogen-bond donors (Lipinski definition) is 2. The van der Waals surface area contributed by atoms with Crippen LogP contribution in [0.15, 0.2) is 0 Å². The third-order valence-electron chi connectivity index (χ3n) is 2.62. The van der Waals surface area contributed by atoms with Crippen molar-refractivity contribution in [2.24, 2.45) is 5.73 Å². The molecule has 0 bridgehead atoms. The molecule has 0 spiro atoms. The van der Waals surface area contributed by atoms with Gasteiger partial charge in [-0.05, 0) is 78.4 Å². The molecule has 0 aliphatic rings. The third-order valence-corrected chi connectivity index (χ3v) is 15.4. The number of rotatable bonds is 11. The normalized spacial score (nSPS) is 11.6. The largest absolute Gasteiger partial charge is 0.437 e. The molecule has 0 unspecified atom stereocenters. The van der Waals surface area contributed by atoms with Gasteiger partial charge < -0.3 is 23.4 Å². The molecule has 0 atom stereocenters. The zero-order valence-electron chi connectivity index (χ0n) is 18.8. The molecule has 0 saturated heterocycles. The van der Waals surface area contributed by atoms with E-state index in [9.17, 15) is 0 Å². The lowest BCUT2D eigenvalue weighted by Crippen LogP contribution is -2.55.